The summed E-state index contributed by atoms with van der Waals surface area (Å²) < 4.78 is 20.1. The van der Waals surface area contributed by atoms with E-state index in [1.54, 1.807) is 0 Å². The molecule has 0 bridgehead atoms. The van der Waals surface area contributed by atoms with Crippen LogP contribution in [0, 0.1) is 5.92 Å². The normalized spacial score (nSPS) is 30.8. The fourth-order valence-corrected chi connectivity index (χ4v) is 10.9. The van der Waals surface area contributed by atoms with Gasteiger partial charge in [0.2, 0.25) is 5.91 Å². The number of hydrogen-bond acceptors (Lipinski definition) is 10. The van der Waals surface area contributed by atoms with E-state index in [4.69, 9.17) is 25.7 Å². The molecule has 4 fully saturated rings. The number of ether oxygens (including phenoxy) is 3. The Labute approximate surface area is 353 Å². The Kier molecular flexibility index (Phi) is 20.7. The molecule has 5 aliphatic rings. The van der Waals surface area contributed by atoms with Crippen LogP contribution in [0.5, 0.6) is 0 Å². The van der Waals surface area contributed by atoms with Crippen LogP contribution >= 0.6 is 0 Å². The second-order valence-corrected chi connectivity index (χ2v) is 18.5. The van der Waals surface area contributed by atoms with Gasteiger partial charge in [-0.25, -0.2) is 0 Å². The average Bonchev–Trinajstić information content (AvgIpc) is 3.52. The molecule has 0 saturated carbocycles. The van der Waals surface area contributed by atoms with Crippen molar-refractivity contribution in [2.24, 2.45) is 17.4 Å². The van der Waals surface area contributed by atoms with Gasteiger partial charge in [-0.1, -0.05) is 103 Å². The molecule has 11 nitrogen and oxygen atoms in total. The maximum absolute atomic E-state index is 14.2. The third-order valence-electron chi connectivity index (χ3n) is 13.9. The zero-order chi connectivity index (χ0) is 41.1. The monoisotopic (exact) mass is 815 g/mol. The molecule has 334 valence electrons. The highest BCUT2D eigenvalue weighted by molar-refractivity contribution is 5.76. The Balaban J connectivity index is 0.960. The molecule has 0 aliphatic carbocycles. The highest BCUT2D eigenvalue weighted by Gasteiger charge is 2.64. The minimum atomic E-state index is -0.716. The van der Waals surface area contributed by atoms with Crippen molar-refractivity contribution >= 4 is 11.9 Å². The fraction of sp³-hybridized carbons (Fsp3) is 0.915. The summed E-state index contributed by atoms with van der Waals surface area (Å²) in [5.41, 5.74) is 10.2. The Morgan fingerprint density at radius 1 is 0.810 bits per heavy atom. The third-order valence-corrected chi connectivity index (χ3v) is 13.9. The summed E-state index contributed by atoms with van der Waals surface area (Å²) in [6, 6.07) is 0.478. The first kappa shape index (κ1) is 47.4. The maximum atomic E-state index is 14.2. The molecule has 1 unspecified atom stereocenters. The number of allylic oxidation sites excluding steroid dienone is 1. The molecular formula is C47H86N6O5. The van der Waals surface area contributed by atoms with Crippen LogP contribution in [0.25, 0.3) is 0 Å². The predicted octanol–water partition coefficient (Wildman–Crippen LogP) is 8.14. The molecule has 1 amide bonds. The van der Waals surface area contributed by atoms with Crippen LogP contribution in [0.1, 0.15) is 194 Å². The van der Waals surface area contributed by atoms with Crippen LogP contribution in [0.15, 0.2) is 12.2 Å². The zero-order valence-electron chi connectivity index (χ0n) is 37.0. The van der Waals surface area contributed by atoms with Crippen LogP contribution < -0.4 is 22.1 Å². The van der Waals surface area contributed by atoms with E-state index in [0.29, 0.717) is 32.2 Å². The van der Waals surface area contributed by atoms with E-state index in [1.807, 2.05) is 4.90 Å². The number of nitrogens with zero attached hydrogens (tertiary/aromatic N) is 2. The van der Waals surface area contributed by atoms with Gasteiger partial charge in [-0.15, -0.1) is 0 Å². The van der Waals surface area contributed by atoms with Crippen LogP contribution in [0.2, 0.25) is 0 Å². The minimum Gasteiger partial charge on any atom is -0.465 e. The molecule has 6 N–H and O–H groups in total. The van der Waals surface area contributed by atoms with Gasteiger partial charge >= 0.3 is 5.97 Å². The van der Waals surface area contributed by atoms with Gasteiger partial charge in [0.1, 0.15) is 23.7 Å². The van der Waals surface area contributed by atoms with Gasteiger partial charge < -0.3 is 30.6 Å². The van der Waals surface area contributed by atoms with Crippen molar-refractivity contribution in [1.29, 1.82) is 0 Å². The summed E-state index contributed by atoms with van der Waals surface area (Å²) in [7, 11) is 0. The molecule has 5 heterocycles. The molecule has 5 rings (SSSR count). The van der Waals surface area contributed by atoms with Crippen molar-refractivity contribution in [3.63, 3.8) is 0 Å². The molecule has 0 aromatic carbocycles. The van der Waals surface area contributed by atoms with Crippen molar-refractivity contribution in [3.8, 4) is 0 Å². The van der Waals surface area contributed by atoms with Gasteiger partial charge in [0.05, 0.1) is 18.8 Å². The van der Waals surface area contributed by atoms with Crippen LogP contribution in [0.4, 0.5) is 0 Å². The molecule has 4 saturated heterocycles. The number of rotatable bonds is 27. The van der Waals surface area contributed by atoms with E-state index < -0.39 is 5.72 Å². The van der Waals surface area contributed by atoms with Crippen molar-refractivity contribution in [1.82, 2.24) is 20.4 Å². The topological polar surface area (TPSA) is 144 Å². The summed E-state index contributed by atoms with van der Waals surface area (Å²) in [6.07, 6.45) is 34.9. The molecule has 2 spiro atoms. The number of nitrogens with two attached hydrogens (primary N) is 2. The highest BCUT2D eigenvalue weighted by Crippen LogP contribution is 2.49. The van der Waals surface area contributed by atoms with Gasteiger partial charge in [-0.2, -0.15) is 0 Å². The number of carbonyl (C=O) groups excluding carboxylic acids is 2. The smallest absolute Gasteiger partial charge is 0.314 e. The van der Waals surface area contributed by atoms with Gasteiger partial charge in [-0.05, 0) is 103 Å². The predicted molar refractivity (Wildman–Crippen MR) is 234 cm³/mol. The van der Waals surface area contributed by atoms with E-state index in [0.717, 1.165) is 129 Å². The Hall–Kier alpha value is -1.60. The third kappa shape index (κ3) is 13.7. The van der Waals surface area contributed by atoms with E-state index in [9.17, 15) is 9.59 Å². The lowest BCUT2D eigenvalue weighted by atomic mass is 9.79. The van der Waals surface area contributed by atoms with Crippen LogP contribution in [-0.2, 0) is 23.8 Å². The first-order valence-corrected chi connectivity index (χ1v) is 24.6. The minimum absolute atomic E-state index is 0.0671. The standard InChI is InChI=1S/C47H86N6O5/c1-3-24-40-26-22-31-47(58-40)43(41-29-28-38-37-46(50-45(51-47)53(38)41)30-18-17-25-39(4-2)57-46)44(55)56-36-21-15-13-11-9-7-5-6-8-10-12-14-16-27-42(54)52(35-23-33-49)34-20-19-32-48/h17,25,38-41,43,45,50-51H,3-16,18-24,26-37,48-49H2,1-2H3/t38-,39-,40+,41+,43+,45?,46-,47+/m1/s1. The molecule has 0 aromatic rings. The quantitative estimate of drug-likeness (QED) is 0.0365. The number of esters is 1. The first-order valence-electron chi connectivity index (χ1n) is 24.6. The van der Waals surface area contributed by atoms with Crippen molar-refractivity contribution in [3.05, 3.63) is 12.2 Å². The van der Waals surface area contributed by atoms with Crippen molar-refractivity contribution < 1.29 is 23.8 Å². The Bertz CT molecular complexity index is 1220. The number of carbonyl (C=O) groups is 2. The van der Waals surface area contributed by atoms with Crippen molar-refractivity contribution in [2.45, 2.75) is 236 Å². The van der Waals surface area contributed by atoms with Gasteiger partial charge in [-0.3, -0.25) is 25.1 Å². The SMILES string of the molecule is CCC[C@H]1CCC[C@]2(NC3N[C@@]4(CCC=C[C@@H](CC)O4)C[C@H]4CC[C@@H]([C@H]2C(=O)OCCCCCCCCCCCCCCCC(=O)N(CCCN)CCCCN)N34)O1. The maximum Gasteiger partial charge on any atom is 0.314 e. The molecule has 8 atom stereocenters. The summed E-state index contributed by atoms with van der Waals surface area (Å²) in [6.45, 7) is 7.84. The van der Waals surface area contributed by atoms with E-state index in [1.165, 1.54) is 57.8 Å². The van der Waals surface area contributed by atoms with Gasteiger partial charge in [0.15, 0.2) is 0 Å². The summed E-state index contributed by atoms with van der Waals surface area (Å²) >= 11 is 0. The van der Waals surface area contributed by atoms with Gasteiger partial charge in [0, 0.05) is 38.0 Å². The summed E-state index contributed by atoms with van der Waals surface area (Å²) in [4.78, 5) is 31.5. The first-order chi connectivity index (χ1) is 28.4. The lowest BCUT2D eigenvalue weighted by Gasteiger charge is -2.60. The van der Waals surface area contributed by atoms with Crippen LogP contribution in [-0.4, -0.2) is 96.5 Å². The largest absolute Gasteiger partial charge is 0.465 e. The van der Waals surface area contributed by atoms with E-state index in [2.05, 4.69) is 41.5 Å². The number of nitrogens with one attached hydrogen (secondary N) is 2. The number of hydrogen-bond donors (Lipinski definition) is 4. The lowest BCUT2D eigenvalue weighted by Crippen LogP contribution is -2.81. The zero-order valence-corrected chi connectivity index (χ0v) is 37.0. The van der Waals surface area contributed by atoms with Crippen LogP contribution in [0.3, 0.4) is 0 Å². The van der Waals surface area contributed by atoms with E-state index in [-0.39, 0.29) is 48.1 Å². The molecule has 0 aromatic heterocycles. The second-order valence-electron chi connectivity index (χ2n) is 18.5. The van der Waals surface area contributed by atoms with E-state index >= 15 is 0 Å². The fourth-order valence-electron chi connectivity index (χ4n) is 10.9. The number of amides is 1. The molecule has 5 aliphatic heterocycles. The molecular weight excluding hydrogens is 729 g/mol. The van der Waals surface area contributed by atoms with Gasteiger partial charge in [0.25, 0.3) is 0 Å². The summed E-state index contributed by atoms with van der Waals surface area (Å²) in [5.74, 6) is -0.107. The molecule has 0 radical (unpaired) electrons. The Morgan fingerprint density at radius 2 is 1.50 bits per heavy atom. The highest BCUT2D eigenvalue weighted by atomic mass is 16.6. The summed E-state index contributed by atoms with van der Waals surface area (Å²) in [5, 5.41) is 7.94. The second kappa shape index (κ2) is 25.4. The number of unbranched alkanes of at least 4 members (excludes halogenated alkanes) is 13. The molecule has 11 heteroatoms. The average molecular weight is 815 g/mol. The van der Waals surface area contributed by atoms with Crippen molar-refractivity contribution in [2.75, 3.05) is 32.8 Å². The lowest BCUT2D eigenvalue weighted by molar-refractivity contribution is -0.258. The Morgan fingerprint density at radius 3 is 2.19 bits per heavy atom. The molecule has 58 heavy (non-hydrogen) atoms.